The van der Waals surface area contributed by atoms with E-state index in [-0.39, 0.29) is 22.9 Å². The molecule has 4 aliphatic rings. The summed E-state index contributed by atoms with van der Waals surface area (Å²) in [6.07, 6.45) is 18.4. The fraction of sp³-hybridized carbons (Fsp3) is 0.909. The van der Waals surface area contributed by atoms with Crippen molar-refractivity contribution < 1.29 is 9.53 Å². The molecule has 0 N–H and O–H groups in total. The van der Waals surface area contributed by atoms with E-state index in [1.807, 2.05) is 0 Å². The lowest BCUT2D eigenvalue weighted by Crippen LogP contribution is -2.56. The number of hydrogen-bond acceptors (Lipinski definition) is 2. The van der Waals surface area contributed by atoms with Crippen LogP contribution in [0.4, 0.5) is 0 Å². The fourth-order valence-corrected chi connectivity index (χ4v) is 10.5. The van der Waals surface area contributed by atoms with Crippen molar-refractivity contribution in [1.82, 2.24) is 0 Å². The van der Waals surface area contributed by atoms with Gasteiger partial charge in [-0.3, -0.25) is 4.79 Å². The van der Waals surface area contributed by atoms with Crippen molar-refractivity contribution in [1.29, 1.82) is 0 Å². The molecule has 0 radical (unpaired) electrons. The second-order valence-electron chi connectivity index (χ2n) is 14.2. The fourth-order valence-electron chi connectivity index (χ4n) is 10.5. The second-order valence-corrected chi connectivity index (χ2v) is 14.2. The van der Waals surface area contributed by atoms with Crippen LogP contribution in [0.25, 0.3) is 0 Å². The molecule has 0 aromatic heterocycles. The molecule has 8 atom stereocenters. The van der Waals surface area contributed by atoms with Gasteiger partial charge in [-0.25, -0.2) is 0 Å². The first kappa shape index (κ1) is 27.3. The number of ether oxygens (including phenoxy) is 1. The van der Waals surface area contributed by atoms with E-state index in [1.54, 1.807) is 12.5 Å². The van der Waals surface area contributed by atoms with E-state index in [0.717, 1.165) is 54.8 Å². The highest BCUT2D eigenvalue weighted by Gasteiger charge is 2.62. The van der Waals surface area contributed by atoms with Crippen LogP contribution >= 0.6 is 0 Å². The Kier molecular flexibility index (Phi) is 7.92. The Labute approximate surface area is 217 Å². The van der Waals surface area contributed by atoms with Crippen molar-refractivity contribution in [3.05, 3.63) is 11.6 Å². The van der Waals surface area contributed by atoms with Crippen LogP contribution in [0, 0.1) is 51.8 Å². The molecule has 0 aromatic carbocycles. The Balaban J connectivity index is 1.58. The smallest absolute Gasteiger partial charge is 0.302 e. The molecule has 0 heterocycles. The molecule has 4 rings (SSSR count). The lowest BCUT2D eigenvalue weighted by Gasteiger charge is -2.62. The summed E-state index contributed by atoms with van der Waals surface area (Å²) >= 11 is 0. The molecule has 0 aliphatic heterocycles. The molecular formula is C33H56O2. The van der Waals surface area contributed by atoms with Gasteiger partial charge in [0, 0.05) is 12.3 Å². The maximum atomic E-state index is 12.0. The van der Waals surface area contributed by atoms with Crippen molar-refractivity contribution in [3.8, 4) is 0 Å². The summed E-state index contributed by atoms with van der Waals surface area (Å²) in [7, 11) is 0. The average molecular weight is 485 g/mol. The molecule has 35 heavy (non-hydrogen) atoms. The molecule has 4 aliphatic carbocycles. The Morgan fingerprint density at radius 1 is 1.00 bits per heavy atom. The van der Waals surface area contributed by atoms with E-state index in [9.17, 15) is 4.79 Å². The molecule has 0 spiro atoms. The van der Waals surface area contributed by atoms with Crippen LogP contribution in [0.15, 0.2) is 11.6 Å². The first-order valence-electron chi connectivity index (χ1n) is 15.4. The quantitative estimate of drug-likeness (QED) is 0.253. The van der Waals surface area contributed by atoms with Gasteiger partial charge in [-0.05, 0) is 104 Å². The van der Waals surface area contributed by atoms with Gasteiger partial charge in [0.15, 0.2) is 0 Å². The van der Waals surface area contributed by atoms with Crippen molar-refractivity contribution in [2.75, 3.05) is 0 Å². The highest BCUT2D eigenvalue weighted by Crippen LogP contribution is 2.70. The van der Waals surface area contributed by atoms with Crippen molar-refractivity contribution in [2.45, 2.75) is 139 Å². The second kappa shape index (κ2) is 10.2. The van der Waals surface area contributed by atoms with Gasteiger partial charge in [0.05, 0.1) is 0 Å². The third-order valence-electron chi connectivity index (χ3n) is 12.3. The SMILES string of the molecule is CCC1(CC)C2=CC[C@H]3[C@@H]4CC[C@H]([C@H](C)CCCC(C)C)[C@@]4(C)CC[C@@H]3[C@@]2(C)CC[C@H]1OC(C)=O. The molecule has 3 fully saturated rings. The number of hydrogen-bond donors (Lipinski definition) is 0. The van der Waals surface area contributed by atoms with Crippen LogP contribution in [-0.4, -0.2) is 12.1 Å². The zero-order chi connectivity index (χ0) is 25.6. The first-order valence-corrected chi connectivity index (χ1v) is 15.4. The standard InChI is InChI=1S/C33H56O2/c1-9-33(10-2)29-17-14-25-27-16-15-26(23(5)13-11-12-22(3)4)31(27,7)20-18-28(25)32(29,8)21-19-30(33)35-24(6)34/h17,22-23,25-28,30H,9-16,18-21H2,1-8H3/t23-,25+,26-,27+,28+,30-,31-,32-/m1/s1. The number of rotatable bonds is 8. The largest absolute Gasteiger partial charge is 0.462 e. The van der Waals surface area contributed by atoms with Crippen molar-refractivity contribution in [3.63, 3.8) is 0 Å². The van der Waals surface area contributed by atoms with Crippen LogP contribution < -0.4 is 0 Å². The summed E-state index contributed by atoms with van der Waals surface area (Å²) in [5, 5.41) is 0. The van der Waals surface area contributed by atoms with E-state index in [0.29, 0.717) is 5.41 Å². The lowest BCUT2D eigenvalue weighted by atomic mass is 9.43. The third kappa shape index (κ3) is 4.46. The summed E-state index contributed by atoms with van der Waals surface area (Å²) in [5.74, 6) is 5.09. The zero-order valence-corrected chi connectivity index (χ0v) is 24.4. The summed E-state index contributed by atoms with van der Waals surface area (Å²) < 4.78 is 6.01. The molecule has 2 nitrogen and oxygen atoms in total. The summed E-state index contributed by atoms with van der Waals surface area (Å²) in [5.41, 5.74) is 2.54. The minimum absolute atomic E-state index is 0.0352. The molecule has 2 heteroatoms. The molecule has 3 saturated carbocycles. The molecule has 200 valence electrons. The van der Waals surface area contributed by atoms with Gasteiger partial charge in [0.1, 0.15) is 6.10 Å². The molecule has 0 amide bonds. The van der Waals surface area contributed by atoms with Crippen LogP contribution in [0.5, 0.6) is 0 Å². The van der Waals surface area contributed by atoms with Gasteiger partial charge in [-0.2, -0.15) is 0 Å². The van der Waals surface area contributed by atoms with Gasteiger partial charge in [-0.15, -0.1) is 0 Å². The van der Waals surface area contributed by atoms with Gasteiger partial charge >= 0.3 is 5.97 Å². The molecular weight excluding hydrogens is 428 g/mol. The van der Waals surface area contributed by atoms with Gasteiger partial charge in [0.2, 0.25) is 0 Å². The topological polar surface area (TPSA) is 26.3 Å². The van der Waals surface area contributed by atoms with Crippen LogP contribution in [0.1, 0.15) is 132 Å². The lowest BCUT2D eigenvalue weighted by molar-refractivity contribution is -0.160. The summed E-state index contributed by atoms with van der Waals surface area (Å²) in [6, 6.07) is 0. The highest BCUT2D eigenvalue weighted by molar-refractivity contribution is 5.66. The van der Waals surface area contributed by atoms with Crippen LogP contribution in [0.2, 0.25) is 0 Å². The molecule has 0 bridgehead atoms. The molecule has 0 saturated heterocycles. The first-order chi connectivity index (χ1) is 16.5. The molecule has 0 unspecified atom stereocenters. The van der Waals surface area contributed by atoms with Crippen LogP contribution in [0.3, 0.4) is 0 Å². The summed E-state index contributed by atoms with van der Waals surface area (Å²) in [4.78, 5) is 12.0. The third-order valence-corrected chi connectivity index (χ3v) is 12.3. The summed E-state index contributed by atoms with van der Waals surface area (Å²) in [6.45, 7) is 18.9. The van der Waals surface area contributed by atoms with Gasteiger partial charge in [0.25, 0.3) is 0 Å². The Bertz CT molecular complexity index is 791. The minimum Gasteiger partial charge on any atom is -0.462 e. The van der Waals surface area contributed by atoms with E-state index in [4.69, 9.17) is 4.74 Å². The van der Waals surface area contributed by atoms with Gasteiger partial charge in [-0.1, -0.05) is 79.4 Å². The average Bonchev–Trinajstić information content (AvgIpc) is 3.16. The monoisotopic (exact) mass is 484 g/mol. The van der Waals surface area contributed by atoms with E-state index in [1.165, 1.54) is 57.8 Å². The van der Waals surface area contributed by atoms with E-state index < -0.39 is 0 Å². The number of esters is 1. The highest BCUT2D eigenvalue weighted by atomic mass is 16.5. The Morgan fingerprint density at radius 3 is 2.34 bits per heavy atom. The number of carbonyl (C=O) groups excluding carboxylic acids is 1. The van der Waals surface area contributed by atoms with Crippen molar-refractivity contribution in [2.24, 2.45) is 51.8 Å². The number of allylic oxidation sites excluding steroid dienone is 1. The van der Waals surface area contributed by atoms with Gasteiger partial charge < -0.3 is 4.74 Å². The zero-order valence-electron chi connectivity index (χ0n) is 24.4. The predicted molar refractivity (Wildman–Crippen MR) is 147 cm³/mol. The van der Waals surface area contributed by atoms with Crippen LogP contribution in [-0.2, 0) is 9.53 Å². The molecule has 0 aromatic rings. The predicted octanol–water partition coefficient (Wildman–Crippen LogP) is 9.38. The maximum absolute atomic E-state index is 12.0. The normalized spacial score (nSPS) is 40.9. The Morgan fingerprint density at radius 2 is 1.71 bits per heavy atom. The van der Waals surface area contributed by atoms with Crippen molar-refractivity contribution >= 4 is 5.97 Å². The maximum Gasteiger partial charge on any atom is 0.302 e. The Hall–Kier alpha value is -0.790. The number of fused-ring (bicyclic) bond motifs is 5. The van der Waals surface area contributed by atoms with E-state index >= 15 is 0 Å². The minimum atomic E-state index is -0.105. The number of carbonyl (C=O) groups is 1. The van der Waals surface area contributed by atoms with E-state index in [2.05, 4.69) is 54.5 Å².